The highest BCUT2D eigenvalue weighted by atomic mass is 32.1. The summed E-state index contributed by atoms with van der Waals surface area (Å²) in [5, 5.41) is 3.04. The van der Waals surface area contributed by atoms with Crippen LogP contribution in [-0.4, -0.2) is 48.6 Å². The van der Waals surface area contributed by atoms with E-state index in [0.29, 0.717) is 13.0 Å². The highest BCUT2D eigenvalue weighted by Crippen LogP contribution is 2.32. The number of para-hydroxylation sites is 2. The maximum Gasteiger partial charge on any atom is 0.228 e. The van der Waals surface area contributed by atoms with Gasteiger partial charge in [-0.25, -0.2) is 4.98 Å². The second-order valence-corrected chi connectivity index (χ2v) is 8.53. The second kappa shape index (κ2) is 9.30. The van der Waals surface area contributed by atoms with Crippen molar-refractivity contribution in [2.75, 3.05) is 31.6 Å². The lowest BCUT2D eigenvalue weighted by Gasteiger charge is -2.37. The predicted octanol–water partition coefficient (Wildman–Crippen LogP) is 4.02. The second-order valence-electron chi connectivity index (χ2n) is 7.59. The average Bonchev–Trinajstić information content (AvgIpc) is 3.20. The van der Waals surface area contributed by atoms with Crippen LogP contribution in [0, 0.1) is 0 Å². The van der Waals surface area contributed by atoms with E-state index in [-0.39, 0.29) is 12.0 Å². The molecule has 2 aromatic carbocycles. The van der Waals surface area contributed by atoms with Gasteiger partial charge in [-0.1, -0.05) is 42.5 Å². The summed E-state index contributed by atoms with van der Waals surface area (Å²) in [6, 6.07) is 18.4. The van der Waals surface area contributed by atoms with Gasteiger partial charge in [-0.2, -0.15) is 0 Å². The van der Waals surface area contributed by atoms with Crippen molar-refractivity contribution in [2.24, 2.45) is 0 Å². The number of benzene rings is 2. The minimum absolute atomic E-state index is 0.0436. The molecule has 5 nitrogen and oxygen atoms in total. The van der Waals surface area contributed by atoms with Gasteiger partial charge in [0.15, 0.2) is 0 Å². The zero-order valence-corrected chi connectivity index (χ0v) is 18.3. The van der Waals surface area contributed by atoms with Crippen LogP contribution in [0.25, 0.3) is 0 Å². The smallest absolute Gasteiger partial charge is 0.228 e. The van der Waals surface area contributed by atoms with Gasteiger partial charge in [-0.05, 0) is 24.6 Å². The van der Waals surface area contributed by atoms with Crippen molar-refractivity contribution >= 4 is 22.9 Å². The number of thiazole rings is 1. The zero-order valence-electron chi connectivity index (χ0n) is 17.5. The van der Waals surface area contributed by atoms with Gasteiger partial charge in [-0.3, -0.25) is 4.79 Å². The molecule has 0 aliphatic carbocycles. The number of carbonyl (C=O) groups excluding carboxylic acids is 1. The molecule has 0 saturated heterocycles. The SMILES string of the molecule is CCN1C[C@H](CN(C)C(=O)Cc2csc(Cc3ccccc3)n2)Oc2ccccc21. The van der Waals surface area contributed by atoms with Crippen LogP contribution < -0.4 is 9.64 Å². The van der Waals surface area contributed by atoms with E-state index in [1.54, 1.807) is 16.2 Å². The largest absolute Gasteiger partial charge is 0.485 e. The number of rotatable bonds is 7. The number of fused-ring (bicyclic) bond motifs is 1. The quantitative estimate of drug-likeness (QED) is 0.578. The van der Waals surface area contributed by atoms with Crippen molar-refractivity contribution < 1.29 is 9.53 Å². The van der Waals surface area contributed by atoms with Gasteiger partial charge in [0, 0.05) is 25.4 Å². The lowest BCUT2D eigenvalue weighted by atomic mass is 10.1. The molecule has 0 N–H and O–H groups in total. The molecule has 0 bridgehead atoms. The Morgan fingerprint density at radius 1 is 1.20 bits per heavy atom. The molecular formula is C24H27N3O2S. The number of carbonyl (C=O) groups is 1. The zero-order chi connectivity index (χ0) is 20.9. The van der Waals surface area contributed by atoms with E-state index in [1.807, 2.05) is 48.8 Å². The molecule has 1 atom stereocenters. The third-order valence-corrected chi connectivity index (χ3v) is 6.24. The Morgan fingerprint density at radius 3 is 2.77 bits per heavy atom. The Balaban J connectivity index is 1.33. The molecule has 0 unspecified atom stereocenters. The van der Waals surface area contributed by atoms with E-state index in [4.69, 9.17) is 4.74 Å². The third kappa shape index (κ3) is 4.82. The summed E-state index contributed by atoms with van der Waals surface area (Å²) in [4.78, 5) is 21.5. The summed E-state index contributed by atoms with van der Waals surface area (Å²) >= 11 is 1.62. The van der Waals surface area contributed by atoms with Crippen molar-refractivity contribution in [3.8, 4) is 5.75 Å². The summed E-state index contributed by atoms with van der Waals surface area (Å²) in [5.41, 5.74) is 3.20. The number of amides is 1. The van der Waals surface area contributed by atoms with Crippen molar-refractivity contribution in [3.05, 3.63) is 76.2 Å². The monoisotopic (exact) mass is 421 g/mol. The van der Waals surface area contributed by atoms with Gasteiger partial charge in [0.2, 0.25) is 5.91 Å². The van der Waals surface area contributed by atoms with Crippen molar-refractivity contribution in [1.29, 1.82) is 0 Å². The topological polar surface area (TPSA) is 45.7 Å². The van der Waals surface area contributed by atoms with Crippen LogP contribution in [0.2, 0.25) is 0 Å². The van der Waals surface area contributed by atoms with Crippen LogP contribution in [-0.2, 0) is 17.6 Å². The molecule has 6 heteroatoms. The van der Waals surface area contributed by atoms with Crippen molar-refractivity contribution in [2.45, 2.75) is 25.9 Å². The molecule has 0 saturated carbocycles. The van der Waals surface area contributed by atoms with Gasteiger partial charge < -0.3 is 14.5 Å². The molecule has 3 aromatic rings. The summed E-state index contributed by atoms with van der Waals surface area (Å²) < 4.78 is 6.16. The number of nitrogens with zero attached hydrogens (tertiary/aromatic N) is 3. The molecule has 1 amide bonds. The number of ether oxygens (including phenoxy) is 1. The number of hydrogen-bond donors (Lipinski definition) is 0. The van der Waals surface area contributed by atoms with Gasteiger partial charge in [0.05, 0.1) is 35.9 Å². The Morgan fingerprint density at radius 2 is 1.97 bits per heavy atom. The van der Waals surface area contributed by atoms with Gasteiger partial charge in [-0.15, -0.1) is 11.3 Å². The Bertz CT molecular complexity index is 989. The molecule has 0 fully saturated rings. The van der Waals surface area contributed by atoms with E-state index < -0.39 is 0 Å². The fourth-order valence-corrected chi connectivity index (χ4v) is 4.58. The normalized spacial score (nSPS) is 15.4. The van der Waals surface area contributed by atoms with E-state index in [9.17, 15) is 4.79 Å². The Hall–Kier alpha value is -2.86. The number of hydrogen-bond acceptors (Lipinski definition) is 5. The molecule has 30 heavy (non-hydrogen) atoms. The molecule has 0 spiro atoms. The Labute approximate surface area is 181 Å². The molecule has 156 valence electrons. The molecule has 0 radical (unpaired) electrons. The van der Waals surface area contributed by atoms with Crippen LogP contribution in [0.4, 0.5) is 5.69 Å². The van der Waals surface area contributed by atoms with E-state index >= 15 is 0 Å². The van der Waals surface area contributed by atoms with Crippen molar-refractivity contribution in [1.82, 2.24) is 9.88 Å². The summed E-state index contributed by atoms with van der Waals surface area (Å²) in [6.45, 7) is 4.40. The van der Waals surface area contributed by atoms with Crippen LogP contribution >= 0.6 is 11.3 Å². The summed E-state index contributed by atoms with van der Waals surface area (Å²) in [7, 11) is 1.85. The third-order valence-electron chi connectivity index (χ3n) is 5.34. The standard InChI is InChI=1S/C24H27N3O2S/c1-3-27-16-20(29-22-12-8-7-11-21(22)27)15-26(2)24(28)14-19-17-30-23(25-19)13-18-9-5-4-6-10-18/h4-12,17,20H,3,13-16H2,1-2H3/t20-/m0/s1. The summed E-state index contributed by atoms with van der Waals surface area (Å²) in [5.74, 6) is 0.957. The lowest BCUT2D eigenvalue weighted by Crippen LogP contribution is -2.47. The lowest BCUT2D eigenvalue weighted by molar-refractivity contribution is -0.130. The fraction of sp³-hybridized carbons (Fsp3) is 0.333. The fourth-order valence-electron chi connectivity index (χ4n) is 3.75. The van der Waals surface area contributed by atoms with Crippen molar-refractivity contribution in [3.63, 3.8) is 0 Å². The minimum atomic E-state index is -0.0436. The van der Waals surface area contributed by atoms with Crippen LogP contribution in [0.3, 0.4) is 0 Å². The van der Waals surface area contributed by atoms with Crippen LogP contribution in [0.5, 0.6) is 5.75 Å². The molecule has 1 aliphatic heterocycles. The predicted molar refractivity (Wildman–Crippen MR) is 121 cm³/mol. The maximum absolute atomic E-state index is 12.8. The molecular weight excluding hydrogens is 394 g/mol. The van der Waals surface area contributed by atoms with Crippen LogP contribution in [0.1, 0.15) is 23.2 Å². The van der Waals surface area contributed by atoms with Gasteiger partial charge in [0.1, 0.15) is 11.9 Å². The van der Waals surface area contributed by atoms with Crippen LogP contribution in [0.15, 0.2) is 60.0 Å². The summed E-state index contributed by atoms with van der Waals surface area (Å²) in [6.07, 6.45) is 1.08. The first kappa shape index (κ1) is 20.4. The molecule has 1 aliphatic rings. The van der Waals surface area contributed by atoms with E-state index in [0.717, 1.165) is 41.6 Å². The Kier molecular flexibility index (Phi) is 6.33. The number of aromatic nitrogens is 1. The number of likely N-dealkylation sites (N-methyl/N-ethyl adjacent to an activating group) is 2. The maximum atomic E-state index is 12.8. The first-order chi connectivity index (χ1) is 14.6. The van der Waals surface area contributed by atoms with E-state index in [2.05, 4.69) is 35.0 Å². The van der Waals surface area contributed by atoms with E-state index in [1.165, 1.54) is 5.56 Å². The highest BCUT2D eigenvalue weighted by Gasteiger charge is 2.26. The highest BCUT2D eigenvalue weighted by molar-refractivity contribution is 7.09. The molecule has 1 aromatic heterocycles. The first-order valence-corrected chi connectivity index (χ1v) is 11.2. The average molecular weight is 422 g/mol. The van der Waals surface area contributed by atoms with Gasteiger partial charge >= 0.3 is 0 Å². The first-order valence-electron chi connectivity index (χ1n) is 10.3. The van der Waals surface area contributed by atoms with Gasteiger partial charge in [0.25, 0.3) is 0 Å². The molecule has 2 heterocycles. The minimum Gasteiger partial charge on any atom is -0.485 e. The number of anilines is 1. The molecule has 4 rings (SSSR count).